The highest BCUT2D eigenvalue weighted by Gasteiger charge is 2.29. The molecule has 0 aromatic heterocycles. The van der Waals surface area contributed by atoms with Crippen molar-refractivity contribution < 1.29 is 5.11 Å². The van der Waals surface area contributed by atoms with E-state index in [1.165, 1.54) is 0 Å². The number of amidine groups is 1. The standard InChI is InChI=1S/C13H18BrN3O/c1-13(18)5-2-6-17(8-13)11-4-3-9(12(15)16)7-10(11)14/h3-4,7,18H,2,5-6,8H2,1H3,(H3,15,16). The number of nitrogens with one attached hydrogen (secondary N) is 1. The third kappa shape index (κ3) is 2.84. The van der Waals surface area contributed by atoms with Crippen molar-refractivity contribution in [2.75, 3.05) is 18.0 Å². The molecule has 4 N–H and O–H groups in total. The van der Waals surface area contributed by atoms with Crippen LogP contribution in [-0.2, 0) is 0 Å². The van der Waals surface area contributed by atoms with Gasteiger partial charge in [-0.3, -0.25) is 5.41 Å². The van der Waals surface area contributed by atoms with Crippen molar-refractivity contribution in [2.45, 2.75) is 25.4 Å². The molecule has 1 aliphatic rings. The fourth-order valence-corrected chi connectivity index (χ4v) is 2.99. The minimum absolute atomic E-state index is 0.0629. The van der Waals surface area contributed by atoms with Gasteiger partial charge in [-0.25, -0.2) is 0 Å². The largest absolute Gasteiger partial charge is 0.388 e. The maximum Gasteiger partial charge on any atom is 0.122 e. The zero-order valence-electron chi connectivity index (χ0n) is 10.4. The lowest BCUT2D eigenvalue weighted by molar-refractivity contribution is 0.0449. The fraction of sp³-hybridized carbons (Fsp3) is 0.462. The number of β-amino-alcohol motifs (C(OH)–C–C–N with tert-alkyl or cyclic N) is 1. The van der Waals surface area contributed by atoms with Crippen molar-refractivity contribution in [3.8, 4) is 0 Å². The second kappa shape index (κ2) is 4.90. The molecule has 5 heteroatoms. The van der Waals surface area contributed by atoms with Crippen molar-refractivity contribution in [1.29, 1.82) is 5.41 Å². The maximum absolute atomic E-state index is 10.1. The molecule has 2 rings (SSSR count). The molecule has 1 fully saturated rings. The van der Waals surface area contributed by atoms with Crippen LogP contribution in [0.15, 0.2) is 22.7 Å². The van der Waals surface area contributed by atoms with E-state index in [1.807, 2.05) is 25.1 Å². The van der Waals surface area contributed by atoms with E-state index in [-0.39, 0.29) is 5.84 Å². The van der Waals surface area contributed by atoms with Gasteiger partial charge in [0.05, 0.1) is 11.3 Å². The Balaban J connectivity index is 2.26. The Morgan fingerprint density at radius 3 is 2.83 bits per heavy atom. The lowest BCUT2D eigenvalue weighted by atomic mass is 9.94. The zero-order chi connectivity index (χ0) is 13.3. The van der Waals surface area contributed by atoms with Crippen LogP contribution < -0.4 is 10.6 Å². The number of nitrogens with zero attached hydrogens (tertiary/aromatic N) is 1. The Morgan fingerprint density at radius 1 is 1.56 bits per heavy atom. The quantitative estimate of drug-likeness (QED) is 0.578. The number of hydrogen-bond donors (Lipinski definition) is 3. The van der Waals surface area contributed by atoms with E-state index in [1.54, 1.807) is 0 Å². The summed E-state index contributed by atoms with van der Waals surface area (Å²) in [5, 5.41) is 17.5. The van der Waals surface area contributed by atoms with Crippen LogP contribution >= 0.6 is 15.9 Å². The van der Waals surface area contributed by atoms with Crippen LogP contribution in [0.1, 0.15) is 25.3 Å². The molecule has 4 nitrogen and oxygen atoms in total. The van der Waals surface area contributed by atoms with Crippen LogP contribution in [0.3, 0.4) is 0 Å². The summed E-state index contributed by atoms with van der Waals surface area (Å²) in [6, 6.07) is 5.63. The molecule has 1 aromatic carbocycles. The predicted octanol–water partition coefficient (Wildman–Crippen LogP) is 2.08. The monoisotopic (exact) mass is 311 g/mol. The van der Waals surface area contributed by atoms with Crippen molar-refractivity contribution in [3.05, 3.63) is 28.2 Å². The minimum Gasteiger partial charge on any atom is -0.388 e. The third-order valence-electron chi connectivity index (χ3n) is 3.27. The number of benzene rings is 1. The lowest BCUT2D eigenvalue weighted by Gasteiger charge is -2.38. The van der Waals surface area contributed by atoms with Gasteiger partial charge in [-0.2, -0.15) is 0 Å². The summed E-state index contributed by atoms with van der Waals surface area (Å²) in [4.78, 5) is 2.16. The number of hydrogen-bond acceptors (Lipinski definition) is 3. The number of halogens is 1. The zero-order valence-corrected chi connectivity index (χ0v) is 12.0. The maximum atomic E-state index is 10.1. The van der Waals surface area contributed by atoms with Gasteiger partial charge in [0.1, 0.15) is 5.84 Å². The van der Waals surface area contributed by atoms with Gasteiger partial charge in [-0.1, -0.05) is 0 Å². The van der Waals surface area contributed by atoms with Crippen molar-refractivity contribution >= 4 is 27.5 Å². The summed E-state index contributed by atoms with van der Waals surface area (Å²) in [5.74, 6) is 0.0629. The number of nitrogen functional groups attached to an aromatic ring is 1. The molecule has 1 heterocycles. The van der Waals surface area contributed by atoms with Crippen LogP contribution in [0.4, 0.5) is 5.69 Å². The molecule has 1 aromatic rings. The van der Waals surface area contributed by atoms with Crippen LogP contribution in [0.2, 0.25) is 0 Å². The van der Waals surface area contributed by atoms with Gasteiger partial charge < -0.3 is 15.7 Å². The molecule has 1 unspecified atom stereocenters. The summed E-state index contributed by atoms with van der Waals surface area (Å²) < 4.78 is 0.910. The van der Waals surface area contributed by atoms with E-state index in [0.29, 0.717) is 12.1 Å². The highest BCUT2D eigenvalue weighted by molar-refractivity contribution is 9.10. The van der Waals surface area contributed by atoms with E-state index >= 15 is 0 Å². The molecule has 0 bridgehead atoms. The van der Waals surface area contributed by atoms with Crippen molar-refractivity contribution in [1.82, 2.24) is 0 Å². The van der Waals surface area contributed by atoms with Gasteiger partial charge in [0, 0.05) is 23.1 Å². The Kier molecular flexibility index (Phi) is 3.64. The molecule has 0 amide bonds. The number of piperidine rings is 1. The first-order valence-electron chi connectivity index (χ1n) is 6.00. The minimum atomic E-state index is -0.628. The van der Waals surface area contributed by atoms with Gasteiger partial charge in [0.25, 0.3) is 0 Å². The second-order valence-corrected chi connectivity index (χ2v) is 5.96. The molecular weight excluding hydrogens is 294 g/mol. The lowest BCUT2D eigenvalue weighted by Crippen LogP contribution is -2.46. The van der Waals surface area contributed by atoms with Crippen LogP contribution in [0.5, 0.6) is 0 Å². The SMILES string of the molecule is CC1(O)CCCN(c2ccc(C(=N)N)cc2Br)C1. The first-order valence-corrected chi connectivity index (χ1v) is 6.80. The normalized spacial score (nSPS) is 24.1. The van der Waals surface area contributed by atoms with Gasteiger partial charge in [0.2, 0.25) is 0 Å². The highest BCUT2D eigenvalue weighted by atomic mass is 79.9. The van der Waals surface area contributed by atoms with Gasteiger partial charge >= 0.3 is 0 Å². The summed E-state index contributed by atoms with van der Waals surface area (Å²) in [6.45, 7) is 3.44. The van der Waals surface area contributed by atoms with Gasteiger partial charge in [-0.15, -0.1) is 0 Å². The van der Waals surface area contributed by atoms with E-state index in [4.69, 9.17) is 11.1 Å². The molecule has 0 saturated carbocycles. The number of aliphatic hydroxyl groups is 1. The Labute approximate surface area is 115 Å². The molecule has 0 spiro atoms. The molecule has 98 valence electrons. The molecule has 1 aliphatic heterocycles. The average Bonchev–Trinajstić information content (AvgIpc) is 2.27. The molecular formula is C13H18BrN3O. The van der Waals surface area contributed by atoms with Crippen molar-refractivity contribution in [3.63, 3.8) is 0 Å². The average molecular weight is 312 g/mol. The Bertz CT molecular complexity index is 473. The van der Waals surface area contributed by atoms with Gasteiger partial charge in [0.15, 0.2) is 0 Å². The number of rotatable bonds is 2. The molecule has 0 aliphatic carbocycles. The molecule has 18 heavy (non-hydrogen) atoms. The summed E-state index contributed by atoms with van der Waals surface area (Å²) in [6.07, 6.45) is 1.82. The topological polar surface area (TPSA) is 73.3 Å². The fourth-order valence-electron chi connectivity index (χ4n) is 2.36. The first-order chi connectivity index (χ1) is 8.39. The Morgan fingerprint density at radius 2 is 2.28 bits per heavy atom. The van der Waals surface area contributed by atoms with Gasteiger partial charge in [-0.05, 0) is 53.9 Å². The summed E-state index contributed by atoms with van der Waals surface area (Å²) >= 11 is 3.51. The Hall–Kier alpha value is -1.07. The van der Waals surface area contributed by atoms with E-state index in [9.17, 15) is 5.11 Å². The molecule has 0 radical (unpaired) electrons. The van der Waals surface area contributed by atoms with E-state index < -0.39 is 5.60 Å². The second-order valence-electron chi connectivity index (χ2n) is 5.10. The highest BCUT2D eigenvalue weighted by Crippen LogP contribution is 2.31. The van der Waals surface area contributed by atoms with Crippen LogP contribution in [-0.4, -0.2) is 29.6 Å². The van der Waals surface area contributed by atoms with E-state index in [0.717, 1.165) is 29.5 Å². The summed E-state index contributed by atoms with van der Waals surface area (Å²) in [5.41, 5.74) is 6.58. The smallest absolute Gasteiger partial charge is 0.122 e. The molecule has 1 saturated heterocycles. The molecule has 1 atom stereocenters. The van der Waals surface area contributed by atoms with Crippen LogP contribution in [0.25, 0.3) is 0 Å². The third-order valence-corrected chi connectivity index (χ3v) is 3.91. The van der Waals surface area contributed by atoms with Crippen molar-refractivity contribution in [2.24, 2.45) is 5.73 Å². The van der Waals surface area contributed by atoms with Crippen LogP contribution in [0, 0.1) is 5.41 Å². The summed E-state index contributed by atoms with van der Waals surface area (Å²) in [7, 11) is 0. The van der Waals surface area contributed by atoms with E-state index in [2.05, 4.69) is 20.8 Å². The number of nitrogens with two attached hydrogens (primary N) is 1. The number of anilines is 1. The predicted molar refractivity (Wildman–Crippen MR) is 77.2 cm³/mol. The first kappa shape index (κ1) is 13.4.